The molecule has 9 heteroatoms. The van der Waals surface area contributed by atoms with Gasteiger partial charge in [-0.25, -0.2) is 4.98 Å². The first-order valence-electron chi connectivity index (χ1n) is 11.1. The second-order valence-electron chi connectivity index (χ2n) is 8.94. The van der Waals surface area contributed by atoms with E-state index in [0.29, 0.717) is 23.6 Å². The summed E-state index contributed by atoms with van der Waals surface area (Å²) in [5, 5.41) is 33.3. The maximum atomic E-state index is 13.1. The fourth-order valence-electron chi connectivity index (χ4n) is 5.08. The van der Waals surface area contributed by atoms with Gasteiger partial charge in [-0.3, -0.25) is 4.79 Å². The Bertz CT molecular complexity index is 1430. The van der Waals surface area contributed by atoms with Crippen LogP contribution in [0, 0.1) is 24.2 Å². The number of anilines is 1. The smallest absolute Gasteiger partial charge is 0.274 e. The van der Waals surface area contributed by atoms with Crippen molar-refractivity contribution in [3.05, 3.63) is 70.2 Å². The third-order valence-corrected chi connectivity index (χ3v) is 7.67. The zero-order valence-electron chi connectivity index (χ0n) is 18.9. The summed E-state index contributed by atoms with van der Waals surface area (Å²) in [4.78, 5) is 18.3. The van der Waals surface area contributed by atoms with Crippen LogP contribution in [0.5, 0.6) is 0 Å². The van der Waals surface area contributed by atoms with Crippen molar-refractivity contribution in [3.63, 3.8) is 0 Å². The van der Waals surface area contributed by atoms with E-state index >= 15 is 0 Å². The van der Waals surface area contributed by atoms with E-state index in [1.165, 1.54) is 11.3 Å². The number of nitrogens with one attached hydrogen (secondary N) is 1. The van der Waals surface area contributed by atoms with E-state index in [2.05, 4.69) is 26.6 Å². The third-order valence-electron chi connectivity index (χ3n) is 6.68. The zero-order valence-corrected chi connectivity index (χ0v) is 19.8. The summed E-state index contributed by atoms with van der Waals surface area (Å²) in [6.07, 6.45) is 3.81. The molecule has 0 unspecified atom stereocenters. The van der Waals surface area contributed by atoms with E-state index in [0.717, 1.165) is 40.0 Å². The van der Waals surface area contributed by atoms with E-state index < -0.39 is 0 Å². The van der Waals surface area contributed by atoms with E-state index in [4.69, 9.17) is 5.26 Å². The molecule has 1 aromatic carbocycles. The number of aliphatic hydroxyl groups excluding tert-OH is 1. The fourth-order valence-corrected chi connectivity index (χ4v) is 6.04. The van der Waals surface area contributed by atoms with Gasteiger partial charge in [0.15, 0.2) is 0 Å². The monoisotopic (exact) mass is 472 g/mol. The van der Waals surface area contributed by atoms with Crippen molar-refractivity contribution >= 4 is 33.1 Å². The van der Waals surface area contributed by atoms with Crippen LogP contribution in [0.4, 0.5) is 5.69 Å². The Labute approximate surface area is 200 Å². The molecule has 0 bridgehead atoms. The van der Waals surface area contributed by atoms with Crippen molar-refractivity contribution in [2.75, 3.05) is 5.32 Å². The van der Waals surface area contributed by atoms with Gasteiger partial charge >= 0.3 is 0 Å². The number of aryl methyl sites for hydroxylation is 2. The van der Waals surface area contributed by atoms with Gasteiger partial charge in [0.1, 0.15) is 22.7 Å². The number of hydrogen-bond acceptors (Lipinski definition) is 7. The molecule has 0 spiro atoms. The number of aliphatic hydroxyl groups is 1. The van der Waals surface area contributed by atoms with Gasteiger partial charge in [-0.2, -0.15) is 5.26 Å². The van der Waals surface area contributed by atoms with Crippen molar-refractivity contribution in [1.29, 1.82) is 5.26 Å². The number of pyridine rings is 1. The van der Waals surface area contributed by atoms with Gasteiger partial charge in [0.25, 0.3) is 5.91 Å². The van der Waals surface area contributed by atoms with Gasteiger partial charge in [0.05, 0.1) is 18.1 Å². The highest BCUT2D eigenvalue weighted by Crippen LogP contribution is 2.53. The molecule has 1 aliphatic carbocycles. The van der Waals surface area contributed by atoms with Crippen molar-refractivity contribution in [3.8, 4) is 6.07 Å². The molecule has 0 saturated heterocycles. The summed E-state index contributed by atoms with van der Waals surface area (Å²) < 4.78 is 1.92. The van der Waals surface area contributed by atoms with E-state index in [9.17, 15) is 9.90 Å². The number of carbonyl (C=O) groups is 1. The minimum Gasteiger partial charge on any atom is -0.392 e. The molecular weight excluding hydrogens is 448 g/mol. The van der Waals surface area contributed by atoms with Gasteiger partial charge in [0.2, 0.25) is 0 Å². The maximum Gasteiger partial charge on any atom is 0.274 e. The lowest BCUT2D eigenvalue weighted by molar-refractivity contribution is 0.102. The van der Waals surface area contributed by atoms with Crippen LogP contribution in [-0.2, 0) is 19.1 Å². The molecule has 1 aliphatic rings. The molecule has 3 heterocycles. The molecule has 3 aromatic heterocycles. The van der Waals surface area contributed by atoms with E-state index in [1.807, 2.05) is 48.2 Å². The minimum atomic E-state index is -0.344. The molecule has 4 aromatic rings. The first-order valence-corrected chi connectivity index (χ1v) is 11.9. The molecule has 0 atom stereocenters. The average Bonchev–Trinajstić information content (AvgIpc) is 3.41. The Hall–Kier alpha value is -3.61. The Morgan fingerprint density at radius 3 is 2.91 bits per heavy atom. The summed E-state index contributed by atoms with van der Waals surface area (Å²) in [6, 6.07) is 11.7. The largest absolute Gasteiger partial charge is 0.392 e. The topological polar surface area (TPSA) is 117 Å². The Balaban J connectivity index is 1.45. The summed E-state index contributed by atoms with van der Waals surface area (Å²) in [7, 11) is 1.92. The lowest BCUT2D eigenvalue weighted by Crippen LogP contribution is -2.44. The van der Waals surface area contributed by atoms with Crippen molar-refractivity contribution < 1.29 is 9.90 Å². The zero-order chi connectivity index (χ0) is 23.9. The first kappa shape index (κ1) is 22.2. The summed E-state index contributed by atoms with van der Waals surface area (Å²) in [5.41, 5.74) is 3.35. The van der Waals surface area contributed by atoms with Crippen LogP contribution in [0.3, 0.4) is 0 Å². The number of nitriles is 1. The van der Waals surface area contributed by atoms with Gasteiger partial charge < -0.3 is 15.0 Å². The minimum absolute atomic E-state index is 0.156. The molecule has 172 valence electrons. The van der Waals surface area contributed by atoms with E-state index in [-0.39, 0.29) is 23.6 Å². The van der Waals surface area contributed by atoms with Crippen molar-refractivity contribution in [2.24, 2.45) is 13.0 Å². The number of carbonyl (C=O) groups excluding carboxylic acids is 1. The van der Waals surface area contributed by atoms with Crippen LogP contribution in [-0.4, -0.2) is 30.8 Å². The highest BCUT2D eigenvalue weighted by Gasteiger charge is 2.49. The highest BCUT2D eigenvalue weighted by molar-refractivity contribution is 7.17. The second-order valence-corrected chi connectivity index (χ2v) is 9.80. The molecule has 0 radical (unpaired) electrons. The third kappa shape index (κ3) is 3.65. The average molecular weight is 473 g/mol. The van der Waals surface area contributed by atoms with Crippen LogP contribution < -0.4 is 5.32 Å². The lowest BCUT2D eigenvalue weighted by atomic mass is 9.57. The Morgan fingerprint density at radius 2 is 2.21 bits per heavy atom. The normalized spacial score (nSPS) is 19.5. The van der Waals surface area contributed by atoms with Crippen molar-refractivity contribution in [2.45, 2.75) is 38.2 Å². The van der Waals surface area contributed by atoms with Gasteiger partial charge in [-0.1, -0.05) is 12.1 Å². The van der Waals surface area contributed by atoms with Crippen LogP contribution >= 0.6 is 11.3 Å². The number of aromatic nitrogens is 4. The number of rotatable bonds is 6. The van der Waals surface area contributed by atoms with Crippen LogP contribution in [0.25, 0.3) is 10.2 Å². The van der Waals surface area contributed by atoms with Gasteiger partial charge in [0, 0.05) is 24.5 Å². The number of thiophene rings is 1. The maximum absolute atomic E-state index is 13.1. The van der Waals surface area contributed by atoms with Gasteiger partial charge in [-0.05, 0) is 66.0 Å². The lowest BCUT2D eigenvalue weighted by Gasteiger charge is -2.46. The van der Waals surface area contributed by atoms with Crippen LogP contribution in [0.1, 0.15) is 52.3 Å². The molecule has 1 saturated carbocycles. The highest BCUT2D eigenvalue weighted by atomic mass is 32.1. The molecule has 34 heavy (non-hydrogen) atoms. The second kappa shape index (κ2) is 8.63. The van der Waals surface area contributed by atoms with Crippen LogP contribution in [0.15, 0.2) is 42.0 Å². The molecular formula is C25H24N6O2S. The number of hydrogen-bond donors (Lipinski definition) is 2. The molecule has 0 aliphatic heterocycles. The molecule has 1 fully saturated rings. The number of benzene rings is 1. The Kier molecular flexibility index (Phi) is 5.63. The standard InChI is InChI=1S/C25H24N6O2S/c1-15-13-34-23-21(15)17(12-32)8-20(29-23)22(33)28-19-5-3-4-18(9-19)25(10-16(11-25)6-7-26)24-30-27-14-31(24)2/h3-5,8-9,13-14,16,32H,6,10-12H2,1-2H3,(H,28,33). The predicted octanol–water partition coefficient (Wildman–Crippen LogP) is 4.09. The molecule has 8 nitrogen and oxygen atoms in total. The number of nitrogens with zero attached hydrogens (tertiary/aromatic N) is 5. The fraction of sp³-hybridized carbons (Fsp3) is 0.320. The van der Waals surface area contributed by atoms with Crippen molar-refractivity contribution in [1.82, 2.24) is 19.7 Å². The Morgan fingerprint density at radius 1 is 1.38 bits per heavy atom. The SMILES string of the molecule is Cc1csc2nc(C(=O)Nc3cccc(C4(c5nncn5C)CC(CC#N)C4)c3)cc(CO)c12. The first-order chi connectivity index (χ1) is 16.4. The quantitative estimate of drug-likeness (QED) is 0.437. The summed E-state index contributed by atoms with van der Waals surface area (Å²) >= 11 is 1.46. The van der Waals surface area contributed by atoms with Crippen LogP contribution in [0.2, 0.25) is 0 Å². The van der Waals surface area contributed by atoms with E-state index in [1.54, 1.807) is 12.4 Å². The van der Waals surface area contributed by atoms with Gasteiger partial charge in [-0.15, -0.1) is 21.5 Å². The predicted molar refractivity (Wildman–Crippen MR) is 129 cm³/mol. The molecule has 5 rings (SSSR count). The molecule has 1 amide bonds. The number of fused-ring (bicyclic) bond motifs is 1. The number of amides is 1. The summed E-state index contributed by atoms with van der Waals surface area (Å²) in [5.74, 6) is 0.837. The molecule has 2 N–H and O–H groups in total. The summed E-state index contributed by atoms with van der Waals surface area (Å²) in [6.45, 7) is 1.82.